The minimum absolute atomic E-state index is 0.202. The molecular formula is C35H41Cl3N2O6. The molecule has 2 aliphatic heterocycles. The molecule has 2 heterocycles. The number of hydrogen-bond donors (Lipinski definition) is 0. The van der Waals surface area contributed by atoms with E-state index in [4.69, 9.17) is 57.1 Å². The molecule has 2 fully saturated rings. The molecule has 2 aromatic rings. The number of nitrogens with zero attached hydrogens (tertiary/aromatic N) is 2. The molecule has 0 unspecified atom stereocenters. The summed E-state index contributed by atoms with van der Waals surface area (Å²) >= 11 is 16.6. The van der Waals surface area contributed by atoms with Gasteiger partial charge in [-0.3, -0.25) is 0 Å². The lowest BCUT2D eigenvalue weighted by atomic mass is 9.94. The molecule has 0 spiro atoms. The molecule has 0 saturated carbocycles. The number of ether oxygens (including phenoxy) is 3. The summed E-state index contributed by atoms with van der Waals surface area (Å²) in [5.41, 5.74) is -1.30. The third-order valence-electron chi connectivity index (χ3n) is 7.01. The topological polar surface area (TPSA) is 85.4 Å². The van der Waals surface area contributed by atoms with Gasteiger partial charge in [0.2, 0.25) is 0 Å². The molecule has 2 aliphatic rings. The van der Waals surface area contributed by atoms with Gasteiger partial charge in [0.15, 0.2) is 11.5 Å². The average molecular weight is 692 g/mol. The molecule has 2 aromatic carbocycles. The van der Waals surface area contributed by atoms with E-state index in [0.29, 0.717) is 40.7 Å². The van der Waals surface area contributed by atoms with Gasteiger partial charge < -0.3 is 24.0 Å². The molecule has 0 atom stereocenters. The normalized spacial score (nSPS) is 15.0. The zero-order valence-corrected chi connectivity index (χ0v) is 28.7. The summed E-state index contributed by atoms with van der Waals surface area (Å²) in [6.45, 7) is 8.57. The van der Waals surface area contributed by atoms with Crippen molar-refractivity contribution in [3.63, 3.8) is 0 Å². The quantitative estimate of drug-likeness (QED) is 0.235. The Morgan fingerprint density at radius 1 is 0.739 bits per heavy atom. The number of piperidine rings is 2. The van der Waals surface area contributed by atoms with E-state index in [9.17, 15) is 14.4 Å². The van der Waals surface area contributed by atoms with E-state index >= 15 is 0 Å². The molecule has 2 saturated heterocycles. The van der Waals surface area contributed by atoms with Gasteiger partial charge in [0, 0.05) is 50.6 Å². The Kier molecular flexibility index (Phi) is 16.7. The Bertz CT molecular complexity index is 1370. The fourth-order valence-electron chi connectivity index (χ4n) is 4.60. The van der Waals surface area contributed by atoms with Crippen LogP contribution in [0.4, 0.5) is 14.4 Å². The molecular weight excluding hydrogens is 651 g/mol. The zero-order valence-electron chi connectivity index (χ0n) is 26.5. The summed E-state index contributed by atoms with van der Waals surface area (Å²) in [5.74, 6) is 7.13. The van der Waals surface area contributed by atoms with Crippen molar-refractivity contribution in [2.75, 3.05) is 26.2 Å². The van der Waals surface area contributed by atoms with Crippen LogP contribution in [0.3, 0.4) is 0 Å². The Morgan fingerprint density at radius 3 is 1.50 bits per heavy atom. The molecule has 4 rings (SSSR count). The van der Waals surface area contributed by atoms with Crippen LogP contribution < -0.4 is 9.47 Å². The number of benzene rings is 2. The maximum absolute atomic E-state index is 12.0. The minimum Gasteiger partial charge on any atom is -0.444 e. The summed E-state index contributed by atoms with van der Waals surface area (Å²) in [6, 6.07) is 13.6. The van der Waals surface area contributed by atoms with Crippen LogP contribution in [0.15, 0.2) is 48.5 Å². The van der Waals surface area contributed by atoms with Crippen molar-refractivity contribution in [1.82, 2.24) is 9.80 Å². The highest BCUT2D eigenvalue weighted by molar-refractivity contribution is 6.61. The third-order valence-corrected chi connectivity index (χ3v) is 7.71. The van der Waals surface area contributed by atoms with Crippen LogP contribution in [-0.4, -0.2) is 59.2 Å². The van der Waals surface area contributed by atoms with E-state index in [-0.39, 0.29) is 17.9 Å². The maximum atomic E-state index is 12.0. The van der Waals surface area contributed by atoms with Crippen LogP contribution in [0.2, 0.25) is 10.0 Å². The number of terminal acetylenes is 2. The van der Waals surface area contributed by atoms with Gasteiger partial charge in [-0.15, -0.1) is 24.7 Å². The van der Waals surface area contributed by atoms with Crippen molar-refractivity contribution in [2.45, 2.75) is 64.9 Å². The Labute approximate surface area is 287 Å². The number of amides is 2. The van der Waals surface area contributed by atoms with E-state index in [2.05, 4.69) is 16.6 Å². The van der Waals surface area contributed by atoms with Crippen molar-refractivity contribution >= 4 is 52.4 Å². The average Bonchev–Trinajstić information content (AvgIpc) is 3.00. The summed E-state index contributed by atoms with van der Waals surface area (Å²) < 4.78 is 15.2. The van der Waals surface area contributed by atoms with Crippen LogP contribution in [0, 0.1) is 36.5 Å². The highest BCUT2D eigenvalue weighted by Gasteiger charge is 2.26. The summed E-state index contributed by atoms with van der Waals surface area (Å²) in [7, 11) is 0. The summed E-state index contributed by atoms with van der Waals surface area (Å²) in [6.07, 6.45) is 15.5. The molecule has 0 aromatic heterocycles. The zero-order chi connectivity index (χ0) is 34.1. The molecule has 248 valence electrons. The van der Waals surface area contributed by atoms with E-state index in [1.54, 1.807) is 58.3 Å². The largest absolute Gasteiger partial charge is 0.444 e. The highest BCUT2D eigenvalue weighted by Crippen LogP contribution is 2.26. The van der Waals surface area contributed by atoms with E-state index in [1.165, 1.54) is 0 Å². The van der Waals surface area contributed by atoms with Gasteiger partial charge in [-0.2, -0.15) is 0 Å². The molecule has 0 bridgehead atoms. The van der Waals surface area contributed by atoms with Gasteiger partial charge in [0.25, 0.3) is 0 Å². The smallest absolute Gasteiger partial charge is 0.415 e. The first-order chi connectivity index (χ1) is 21.8. The van der Waals surface area contributed by atoms with Crippen molar-refractivity contribution < 1.29 is 28.6 Å². The molecule has 11 heteroatoms. The summed E-state index contributed by atoms with van der Waals surface area (Å²) in [5, 5.41) is 0.805. The van der Waals surface area contributed by atoms with Crippen molar-refractivity contribution in [1.29, 1.82) is 0 Å². The molecule has 46 heavy (non-hydrogen) atoms. The third kappa shape index (κ3) is 14.7. The number of likely N-dealkylation sites (tertiary alicyclic amines) is 2. The molecule has 0 aliphatic carbocycles. The Hall–Kier alpha value is -3.56. The fraction of sp³-hybridized carbons (Fsp3) is 0.457. The fourth-order valence-corrected chi connectivity index (χ4v) is 5.03. The summed E-state index contributed by atoms with van der Waals surface area (Å²) in [4.78, 5) is 37.5. The second-order valence-electron chi connectivity index (χ2n) is 11.7. The van der Waals surface area contributed by atoms with Crippen LogP contribution in [0.25, 0.3) is 0 Å². The molecule has 0 N–H and O–H groups in total. The van der Waals surface area contributed by atoms with Crippen LogP contribution in [0.1, 0.15) is 59.3 Å². The predicted molar refractivity (Wildman–Crippen MR) is 183 cm³/mol. The highest BCUT2D eigenvalue weighted by atomic mass is 35.5. The number of carbonyl (C=O) groups excluding carboxylic acids is 3. The second-order valence-corrected chi connectivity index (χ2v) is 12.8. The first-order valence-electron chi connectivity index (χ1n) is 15.0. The maximum Gasteiger partial charge on any atom is 0.415 e. The Balaban J connectivity index is 0.000000249. The predicted octanol–water partition coefficient (Wildman–Crippen LogP) is 9.31. The van der Waals surface area contributed by atoms with Crippen molar-refractivity contribution in [3.8, 4) is 36.2 Å². The van der Waals surface area contributed by atoms with Gasteiger partial charge in [-0.05, 0) is 82.6 Å². The van der Waals surface area contributed by atoms with Crippen LogP contribution in [0.5, 0.6) is 11.5 Å². The monoisotopic (exact) mass is 690 g/mol. The minimum atomic E-state index is -0.891. The van der Waals surface area contributed by atoms with E-state index < -0.39 is 11.0 Å². The lowest BCUT2D eigenvalue weighted by molar-refractivity contribution is 0.0185. The number of halogens is 3. The van der Waals surface area contributed by atoms with Gasteiger partial charge >= 0.3 is 17.6 Å². The Morgan fingerprint density at radius 2 is 1.13 bits per heavy atom. The number of hydrogen-bond acceptors (Lipinski definition) is 6. The lowest BCUT2D eigenvalue weighted by Crippen LogP contribution is -2.41. The van der Waals surface area contributed by atoms with Gasteiger partial charge in [0.1, 0.15) is 5.60 Å². The van der Waals surface area contributed by atoms with E-state index in [0.717, 1.165) is 51.6 Å². The van der Waals surface area contributed by atoms with Crippen LogP contribution >= 0.6 is 34.8 Å². The molecule has 8 nitrogen and oxygen atoms in total. The van der Waals surface area contributed by atoms with Gasteiger partial charge in [-0.25, -0.2) is 14.4 Å². The SMILES string of the molecule is C#CCC1CCN(C(=O)OC(C)(C)C)CC1.C#CCC1CCN(C(=O)Oc2ccccc2Cl)CC1.O=C(Cl)Oc1ccccc1Cl. The van der Waals surface area contributed by atoms with Crippen molar-refractivity contribution in [3.05, 3.63) is 58.6 Å². The number of carbonyl (C=O) groups is 3. The van der Waals surface area contributed by atoms with Crippen LogP contribution in [-0.2, 0) is 4.74 Å². The lowest BCUT2D eigenvalue weighted by Gasteiger charge is -2.32. The number of para-hydroxylation sites is 2. The molecule has 2 amide bonds. The van der Waals surface area contributed by atoms with Gasteiger partial charge in [0.05, 0.1) is 10.0 Å². The second kappa shape index (κ2) is 19.8. The van der Waals surface area contributed by atoms with E-state index in [1.807, 2.05) is 20.8 Å². The first kappa shape index (κ1) is 38.6. The van der Waals surface area contributed by atoms with Crippen molar-refractivity contribution in [2.24, 2.45) is 11.8 Å². The standard InChI is InChI=1S/C15H16ClNO2.C13H21NO2.C7H4Cl2O2/c1-2-5-12-8-10-17(11-9-12)15(18)19-14-7-4-3-6-13(14)16;1-5-6-11-7-9-14(10-8-11)12(15)16-13(2,3)4;8-5-3-1-2-4-6(5)11-7(9)10/h1,3-4,6-7,12H,5,8-11H2;1,11H,6-10H2,2-4H3;1-4H. The van der Waals surface area contributed by atoms with Gasteiger partial charge in [-0.1, -0.05) is 47.5 Å². The molecule has 0 radical (unpaired) electrons. The number of rotatable bonds is 4. The first-order valence-corrected chi connectivity index (χ1v) is 16.1.